The van der Waals surface area contributed by atoms with Gasteiger partial charge in [0.15, 0.2) is 0 Å². The van der Waals surface area contributed by atoms with Crippen LogP contribution in [0.25, 0.3) is 0 Å². The van der Waals surface area contributed by atoms with Gasteiger partial charge in [-0.05, 0) is 18.2 Å². The van der Waals surface area contributed by atoms with Gasteiger partial charge in [-0.2, -0.15) is 0 Å². The quantitative estimate of drug-likeness (QED) is 0.870. The second-order valence-electron chi connectivity index (χ2n) is 5.05. The number of furan rings is 1. The molecule has 1 aromatic carbocycles. The molecule has 2 aromatic rings. The number of hydrogen-bond donors (Lipinski definition) is 0. The molecular weight excluding hydrogens is 290 g/mol. The Balaban J connectivity index is 1.56. The van der Waals surface area contributed by atoms with Crippen molar-refractivity contribution in [2.75, 3.05) is 13.1 Å². The Morgan fingerprint density at radius 3 is 2.67 bits per heavy atom. The van der Waals surface area contributed by atoms with E-state index in [0.29, 0.717) is 29.4 Å². The zero-order chi connectivity index (χ0) is 14.7. The lowest BCUT2D eigenvalue weighted by molar-refractivity contribution is 0.0595. The number of rotatable bonds is 3. The topological polar surface area (TPSA) is 42.7 Å². The van der Waals surface area contributed by atoms with Crippen molar-refractivity contribution in [2.45, 2.75) is 18.9 Å². The smallest absolute Gasteiger partial charge is 0.257 e. The molecular formula is C16H16ClNO3. The van der Waals surface area contributed by atoms with E-state index in [2.05, 4.69) is 0 Å². The third kappa shape index (κ3) is 3.22. The van der Waals surface area contributed by atoms with E-state index in [-0.39, 0.29) is 12.0 Å². The Hall–Kier alpha value is -1.94. The van der Waals surface area contributed by atoms with E-state index < -0.39 is 0 Å². The standard InChI is InChI=1S/C16H16ClNO3/c17-14-3-1-2-4-15(14)21-13-5-8-18(9-6-13)16(19)12-7-10-20-11-12/h1-4,7,10-11,13H,5-6,8-9H2. The van der Waals surface area contributed by atoms with Crippen LogP contribution in [-0.2, 0) is 0 Å². The SMILES string of the molecule is O=C(c1ccoc1)N1CCC(Oc2ccccc2Cl)CC1. The Morgan fingerprint density at radius 1 is 1.24 bits per heavy atom. The lowest BCUT2D eigenvalue weighted by Gasteiger charge is -2.32. The fourth-order valence-electron chi connectivity index (χ4n) is 2.47. The van der Waals surface area contributed by atoms with Crippen LogP contribution in [0.3, 0.4) is 0 Å². The molecule has 1 aliphatic heterocycles. The molecule has 5 heteroatoms. The Bertz CT molecular complexity index is 604. The number of carbonyl (C=O) groups excluding carboxylic acids is 1. The van der Waals surface area contributed by atoms with Gasteiger partial charge in [0.1, 0.15) is 18.1 Å². The molecule has 1 aliphatic rings. The first-order valence-electron chi connectivity index (χ1n) is 6.96. The maximum absolute atomic E-state index is 12.2. The molecule has 0 aliphatic carbocycles. The lowest BCUT2D eigenvalue weighted by Crippen LogP contribution is -2.41. The van der Waals surface area contributed by atoms with Crippen molar-refractivity contribution in [1.82, 2.24) is 4.90 Å². The maximum atomic E-state index is 12.2. The molecule has 3 rings (SSSR count). The highest BCUT2D eigenvalue weighted by Crippen LogP contribution is 2.27. The number of halogens is 1. The summed E-state index contributed by atoms with van der Waals surface area (Å²) in [6, 6.07) is 9.15. The minimum absolute atomic E-state index is 0.0138. The summed E-state index contributed by atoms with van der Waals surface area (Å²) in [6.45, 7) is 1.36. The molecule has 1 aromatic heterocycles. The molecule has 2 heterocycles. The number of hydrogen-bond acceptors (Lipinski definition) is 3. The minimum Gasteiger partial charge on any atom is -0.489 e. The molecule has 0 bridgehead atoms. The van der Waals surface area contributed by atoms with E-state index in [1.54, 1.807) is 6.07 Å². The highest BCUT2D eigenvalue weighted by molar-refractivity contribution is 6.32. The Morgan fingerprint density at radius 2 is 2.00 bits per heavy atom. The summed E-state index contributed by atoms with van der Waals surface area (Å²) in [5, 5.41) is 0.620. The van der Waals surface area contributed by atoms with Gasteiger partial charge in [0.05, 0.1) is 16.8 Å². The fraction of sp³-hybridized carbons (Fsp3) is 0.312. The van der Waals surface area contributed by atoms with E-state index in [4.69, 9.17) is 20.8 Å². The molecule has 0 spiro atoms. The van der Waals surface area contributed by atoms with E-state index in [0.717, 1.165) is 12.8 Å². The van der Waals surface area contributed by atoms with Crippen molar-refractivity contribution < 1.29 is 13.9 Å². The second kappa shape index (κ2) is 6.22. The zero-order valence-corrected chi connectivity index (χ0v) is 12.3. The first-order chi connectivity index (χ1) is 10.2. The van der Waals surface area contributed by atoms with Crippen molar-refractivity contribution in [3.05, 3.63) is 53.4 Å². The van der Waals surface area contributed by atoms with Gasteiger partial charge in [0.2, 0.25) is 0 Å². The van der Waals surface area contributed by atoms with Crippen LogP contribution in [0.5, 0.6) is 5.75 Å². The van der Waals surface area contributed by atoms with Gasteiger partial charge in [0, 0.05) is 25.9 Å². The highest BCUT2D eigenvalue weighted by Gasteiger charge is 2.25. The molecule has 110 valence electrons. The highest BCUT2D eigenvalue weighted by atomic mass is 35.5. The van der Waals surface area contributed by atoms with Gasteiger partial charge in [0.25, 0.3) is 5.91 Å². The molecule has 0 N–H and O–H groups in total. The van der Waals surface area contributed by atoms with Gasteiger partial charge in [-0.3, -0.25) is 4.79 Å². The van der Waals surface area contributed by atoms with Gasteiger partial charge in [-0.15, -0.1) is 0 Å². The summed E-state index contributed by atoms with van der Waals surface area (Å²) in [4.78, 5) is 14.0. The number of para-hydroxylation sites is 1. The molecule has 1 saturated heterocycles. The first-order valence-corrected chi connectivity index (χ1v) is 7.34. The summed E-state index contributed by atoms with van der Waals surface area (Å²) in [5.41, 5.74) is 0.598. The normalized spacial score (nSPS) is 16.0. The van der Waals surface area contributed by atoms with E-state index in [1.807, 2.05) is 29.2 Å². The summed E-state index contributed by atoms with van der Waals surface area (Å²) in [5.74, 6) is 0.721. The predicted octanol–water partition coefficient (Wildman–Crippen LogP) is 3.62. The third-order valence-corrected chi connectivity index (χ3v) is 3.94. The predicted molar refractivity (Wildman–Crippen MR) is 79.7 cm³/mol. The number of piperidine rings is 1. The van der Waals surface area contributed by atoms with Crippen molar-refractivity contribution in [2.24, 2.45) is 0 Å². The first kappa shape index (κ1) is 14.0. The third-order valence-electron chi connectivity index (χ3n) is 3.63. The van der Waals surface area contributed by atoms with Crippen LogP contribution < -0.4 is 4.74 Å². The van der Waals surface area contributed by atoms with Crippen molar-refractivity contribution in [3.63, 3.8) is 0 Å². The summed E-state index contributed by atoms with van der Waals surface area (Å²) < 4.78 is 10.9. The lowest BCUT2D eigenvalue weighted by atomic mass is 10.1. The maximum Gasteiger partial charge on any atom is 0.257 e. The van der Waals surface area contributed by atoms with Crippen LogP contribution >= 0.6 is 11.6 Å². The largest absolute Gasteiger partial charge is 0.489 e. The van der Waals surface area contributed by atoms with Gasteiger partial charge in [-0.25, -0.2) is 0 Å². The van der Waals surface area contributed by atoms with E-state index in [9.17, 15) is 4.79 Å². The van der Waals surface area contributed by atoms with Crippen molar-refractivity contribution in [3.8, 4) is 5.75 Å². The molecule has 21 heavy (non-hydrogen) atoms. The second-order valence-corrected chi connectivity index (χ2v) is 5.46. The monoisotopic (exact) mass is 305 g/mol. The molecule has 0 unspecified atom stereocenters. The van der Waals surface area contributed by atoms with Crippen LogP contribution in [0.4, 0.5) is 0 Å². The zero-order valence-electron chi connectivity index (χ0n) is 11.5. The number of carbonyl (C=O) groups is 1. The minimum atomic E-state index is 0.0138. The van der Waals surface area contributed by atoms with Crippen molar-refractivity contribution >= 4 is 17.5 Å². The average Bonchev–Trinajstić information content (AvgIpc) is 3.04. The van der Waals surface area contributed by atoms with Gasteiger partial charge in [-0.1, -0.05) is 23.7 Å². The summed E-state index contributed by atoms with van der Waals surface area (Å²) in [6.07, 6.45) is 4.69. The van der Waals surface area contributed by atoms with Crippen LogP contribution in [-0.4, -0.2) is 30.0 Å². The molecule has 1 amide bonds. The van der Waals surface area contributed by atoms with Crippen LogP contribution in [0.2, 0.25) is 5.02 Å². The van der Waals surface area contributed by atoms with Gasteiger partial charge < -0.3 is 14.1 Å². The molecule has 4 nitrogen and oxygen atoms in total. The summed E-state index contributed by atoms with van der Waals surface area (Å²) in [7, 11) is 0. The molecule has 0 saturated carbocycles. The number of benzene rings is 1. The number of likely N-dealkylation sites (tertiary alicyclic amines) is 1. The van der Waals surface area contributed by atoms with Gasteiger partial charge >= 0.3 is 0 Å². The molecule has 1 fully saturated rings. The molecule has 0 radical (unpaired) electrons. The van der Waals surface area contributed by atoms with Crippen LogP contribution in [0.1, 0.15) is 23.2 Å². The van der Waals surface area contributed by atoms with Crippen molar-refractivity contribution in [1.29, 1.82) is 0 Å². The number of nitrogens with zero attached hydrogens (tertiary/aromatic N) is 1. The van der Waals surface area contributed by atoms with E-state index in [1.165, 1.54) is 12.5 Å². The van der Waals surface area contributed by atoms with E-state index >= 15 is 0 Å². The summed E-state index contributed by atoms with van der Waals surface area (Å²) >= 11 is 6.09. The average molecular weight is 306 g/mol. The van der Waals surface area contributed by atoms with Crippen LogP contribution in [0.15, 0.2) is 47.3 Å². The Kier molecular flexibility index (Phi) is 4.15. The van der Waals surface area contributed by atoms with Crippen LogP contribution in [0, 0.1) is 0 Å². The number of amides is 1. The number of ether oxygens (including phenoxy) is 1. The molecule has 0 atom stereocenters. The Labute approximate surface area is 128 Å². The fourth-order valence-corrected chi connectivity index (χ4v) is 2.65.